The van der Waals surface area contributed by atoms with E-state index in [1.807, 2.05) is 12.1 Å². The normalized spacial score (nSPS) is 17.9. The van der Waals surface area contributed by atoms with Crippen LogP contribution in [0.4, 0.5) is 0 Å². The van der Waals surface area contributed by atoms with E-state index < -0.39 is 6.10 Å². The molecule has 2 rings (SSSR count). The lowest BCUT2D eigenvalue weighted by Gasteiger charge is -2.10. The number of rotatable bonds is 1. The predicted octanol–water partition coefficient (Wildman–Crippen LogP) is 2.46. The Morgan fingerprint density at radius 1 is 1.36 bits per heavy atom. The molecule has 1 aromatic carbocycles. The van der Waals surface area contributed by atoms with Gasteiger partial charge >= 0.3 is 0 Å². The van der Waals surface area contributed by atoms with Crippen LogP contribution in [0.5, 0.6) is 5.75 Å². The summed E-state index contributed by atoms with van der Waals surface area (Å²) in [5.41, 5.74) is 2.21. The average Bonchev–Trinajstić information content (AvgIpc) is 2.41. The van der Waals surface area contributed by atoms with Gasteiger partial charge in [-0.1, -0.05) is 12.1 Å². The highest BCUT2D eigenvalue weighted by atomic mass is 16.5. The van der Waals surface area contributed by atoms with Gasteiger partial charge in [0.2, 0.25) is 0 Å². The van der Waals surface area contributed by atoms with E-state index in [1.54, 1.807) is 6.92 Å². The first-order valence-electron chi connectivity index (χ1n) is 5.21. The van der Waals surface area contributed by atoms with Gasteiger partial charge in [0.05, 0.1) is 12.7 Å². The molecule has 2 nitrogen and oxygen atoms in total. The van der Waals surface area contributed by atoms with Crippen LogP contribution in [0.2, 0.25) is 0 Å². The van der Waals surface area contributed by atoms with E-state index in [-0.39, 0.29) is 0 Å². The van der Waals surface area contributed by atoms with Gasteiger partial charge in [-0.2, -0.15) is 0 Å². The molecule has 0 fully saturated rings. The molecular formula is C12H16O2. The van der Waals surface area contributed by atoms with Crippen LogP contribution in [0.15, 0.2) is 18.2 Å². The summed E-state index contributed by atoms with van der Waals surface area (Å²) >= 11 is 0. The van der Waals surface area contributed by atoms with Crippen molar-refractivity contribution in [3.05, 3.63) is 29.3 Å². The number of ether oxygens (including phenoxy) is 1. The van der Waals surface area contributed by atoms with E-state index in [4.69, 9.17) is 4.74 Å². The molecule has 1 atom stereocenters. The van der Waals surface area contributed by atoms with Gasteiger partial charge in [-0.25, -0.2) is 0 Å². The van der Waals surface area contributed by atoms with Crippen molar-refractivity contribution in [1.29, 1.82) is 0 Å². The van der Waals surface area contributed by atoms with Crippen LogP contribution in [0.3, 0.4) is 0 Å². The Labute approximate surface area is 84.5 Å². The molecule has 1 aliphatic rings. The van der Waals surface area contributed by atoms with Crippen LogP contribution >= 0.6 is 0 Å². The van der Waals surface area contributed by atoms with Crippen LogP contribution in [0.1, 0.15) is 37.0 Å². The Hall–Kier alpha value is -1.02. The molecule has 1 aliphatic heterocycles. The Morgan fingerprint density at radius 2 is 2.21 bits per heavy atom. The summed E-state index contributed by atoms with van der Waals surface area (Å²) in [4.78, 5) is 0. The minimum Gasteiger partial charge on any atom is -0.493 e. The van der Waals surface area contributed by atoms with E-state index in [2.05, 4.69) is 6.07 Å². The fourth-order valence-electron chi connectivity index (χ4n) is 1.77. The summed E-state index contributed by atoms with van der Waals surface area (Å²) in [6, 6.07) is 6.02. The zero-order chi connectivity index (χ0) is 9.97. The molecule has 0 spiro atoms. The van der Waals surface area contributed by atoms with Crippen LogP contribution in [0, 0.1) is 0 Å². The van der Waals surface area contributed by atoms with Crippen LogP contribution in [-0.4, -0.2) is 11.7 Å². The van der Waals surface area contributed by atoms with E-state index >= 15 is 0 Å². The first-order chi connectivity index (χ1) is 6.77. The van der Waals surface area contributed by atoms with Gasteiger partial charge < -0.3 is 9.84 Å². The van der Waals surface area contributed by atoms with Crippen molar-refractivity contribution in [1.82, 2.24) is 0 Å². The number of benzene rings is 1. The van der Waals surface area contributed by atoms with Crippen molar-refractivity contribution in [2.75, 3.05) is 6.61 Å². The van der Waals surface area contributed by atoms with Crippen LogP contribution in [0.25, 0.3) is 0 Å². The summed E-state index contributed by atoms with van der Waals surface area (Å²) in [6.07, 6.45) is 3.00. The molecule has 1 N–H and O–H groups in total. The molecule has 0 saturated carbocycles. The molecule has 1 unspecified atom stereocenters. The second-order valence-electron chi connectivity index (χ2n) is 3.85. The Kier molecular flexibility index (Phi) is 2.73. The Morgan fingerprint density at radius 3 is 3.00 bits per heavy atom. The van der Waals surface area contributed by atoms with Crippen molar-refractivity contribution in [3.8, 4) is 5.75 Å². The third-order valence-electron chi connectivity index (χ3n) is 2.67. The number of aliphatic hydroxyl groups excluding tert-OH is 1. The summed E-state index contributed by atoms with van der Waals surface area (Å²) < 4.78 is 5.63. The van der Waals surface area contributed by atoms with Gasteiger partial charge in [-0.3, -0.25) is 0 Å². The SMILES string of the molecule is CC(O)c1ccc2c(c1)OCCCC2. The molecule has 0 bridgehead atoms. The number of hydrogen-bond donors (Lipinski definition) is 1. The maximum Gasteiger partial charge on any atom is 0.122 e. The first kappa shape index (κ1) is 9.53. The van der Waals surface area contributed by atoms with Crippen molar-refractivity contribution in [3.63, 3.8) is 0 Å². The highest BCUT2D eigenvalue weighted by Gasteiger charge is 2.10. The monoisotopic (exact) mass is 192 g/mol. The Balaban J connectivity index is 2.32. The summed E-state index contributed by atoms with van der Waals surface area (Å²) in [6.45, 7) is 2.58. The molecule has 0 amide bonds. The maximum atomic E-state index is 9.44. The smallest absolute Gasteiger partial charge is 0.122 e. The van der Waals surface area contributed by atoms with Gasteiger partial charge in [0, 0.05) is 0 Å². The number of hydrogen-bond acceptors (Lipinski definition) is 2. The highest BCUT2D eigenvalue weighted by molar-refractivity contribution is 5.38. The zero-order valence-corrected chi connectivity index (χ0v) is 8.49. The van der Waals surface area contributed by atoms with Crippen LogP contribution < -0.4 is 4.74 Å². The zero-order valence-electron chi connectivity index (χ0n) is 8.49. The highest BCUT2D eigenvalue weighted by Crippen LogP contribution is 2.27. The van der Waals surface area contributed by atoms with Crippen molar-refractivity contribution in [2.24, 2.45) is 0 Å². The third kappa shape index (κ3) is 1.90. The van der Waals surface area contributed by atoms with E-state index in [9.17, 15) is 5.11 Å². The van der Waals surface area contributed by atoms with Gasteiger partial charge in [-0.15, -0.1) is 0 Å². The molecule has 0 aromatic heterocycles. The Bertz CT molecular complexity index is 318. The standard InChI is InChI=1S/C12H16O2/c1-9(13)11-6-5-10-4-2-3-7-14-12(10)8-11/h5-6,8-9,13H,2-4,7H2,1H3. The van der Waals surface area contributed by atoms with Crippen molar-refractivity contribution < 1.29 is 9.84 Å². The fourth-order valence-corrected chi connectivity index (χ4v) is 1.77. The van der Waals surface area contributed by atoms with Gasteiger partial charge in [0.15, 0.2) is 0 Å². The summed E-state index contributed by atoms with van der Waals surface area (Å²) in [7, 11) is 0. The van der Waals surface area contributed by atoms with Crippen molar-refractivity contribution in [2.45, 2.75) is 32.3 Å². The topological polar surface area (TPSA) is 29.5 Å². The summed E-state index contributed by atoms with van der Waals surface area (Å²) in [5, 5.41) is 9.44. The average molecular weight is 192 g/mol. The minimum absolute atomic E-state index is 0.410. The third-order valence-corrected chi connectivity index (χ3v) is 2.67. The van der Waals surface area contributed by atoms with Crippen molar-refractivity contribution >= 4 is 0 Å². The molecule has 14 heavy (non-hydrogen) atoms. The number of aliphatic hydroxyl groups is 1. The molecule has 0 aliphatic carbocycles. The van der Waals surface area contributed by atoms with E-state index in [0.717, 1.165) is 30.8 Å². The predicted molar refractivity (Wildman–Crippen MR) is 55.5 cm³/mol. The van der Waals surface area contributed by atoms with Gasteiger partial charge in [0.1, 0.15) is 5.75 Å². The largest absolute Gasteiger partial charge is 0.493 e. The summed E-state index contributed by atoms with van der Waals surface area (Å²) in [5.74, 6) is 0.959. The molecule has 0 saturated heterocycles. The number of aryl methyl sites for hydroxylation is 1. The van der Waals surface area contributed by atoms with E-state index in [1.165, 1.54) is 12.0 Å². The molecule has 2 heteroatoms. The molecule has 1 heterocycles. The van der Waals surface area contributed by atoms with Gasteiger partial charge in [-0.05, 0) is 43.4 Å². The lowest BCUT2D eigenvalue weighted by molar-refractivity contribution is 0.198. The lowest BCUT2D eigenvalue weighted by atomic mass is 10.0. The fraction of sp³-hybridized carbons (Fsp3) is 0.500. The maximum absolute atomic E-state index is 9.44. The lowest BCUT2D eigenvalue weighted by Crippen LogP contribution is -1.97. The quantitative estimate of drug-likeness (QED) is 0.740. The molecule has 1 aromatic rings. The molecule has 76 valence electrons. The minimum atomic E-state index is -0.410. The second kappa shape index (κ2) is 4.01. The first-order valence-corrected chi connectivity index (χ1v) is 5.21. The van der Waals surface area contributed by atoms with Crippen LogP contribution in [-0.2, 0) is 6.42 Å². The molecular weight excluding hydrogens is 176 g/mol. The van der Waals surface area contributed by atoms with E-state index in [0.29, 0.717) is 0 Å². The second-order valence-corrected chi connectivity index (χ2v) is 3.85. The molecule has 0 radical (unpaired) electrons. The number of fused-ring (bicyclic) bond motifs is 1. The van der Waals surface area contributed by atoms with Gasteiger partial charge in [0.25, 0.3) is 0 Å².